The molecule has 1 aliphatic heterocycles. The summed E-state index contributed by atoms with van der Waals surface area (Å²) in [5, 5.41) is 21.0. The smallest absolute Gasteiger partial charge is 0.294 e. The first-order valence-electron chi connectivity index (χ1n) is 6.61. The molecule has 8 heteroatoms. The van der Waals surface area contributed by atoms with Crippen LogP contribution in [-0.2, 0) is 0 Å². The zero-order chi connectivity index (χ0) is 15.6. The maximum absolute atomic E-state index is 12.4. The summed E-state index contributed by atoms with van der Waals surface area (Å²) in [7, 11) is 0. The monoisotopic (exact) mass is 294 g/mol. The fourth-order valence-corrected chi connectivity index (χ4v) is 2.51. The predicted molar refractivity (Wildman–Crippen MR) is 76.7 cm³/mol. The topological polar surface area (TPSA) is 122 Å². The molecular weight excluding hydrogens is 276 g/mol. The van der Waals surface area contributed by atoms with Crippen molar-refractivity contribution in [1.82, 2.24) is 4.90 Å². The number of nitro groups is 1. The van der Waals surface area contributed by atoms with Crippen LogP contribution in [0.15, 0.2) is 18.2 Å². The third-order valence-electron chi connectivity index (χ3n) is 3.56. The van der Waals surface area contributed by atoms with Gasteiger partial charge in [0.15, 0.2) is 0 Å². The van der Waals surface area contributed by atoms with Gasteiger partial charge in [-0.3, -0.25) is 20.8 Å². The molecule has 4 N–H and O–H groups in total. The number of amides is 1. The number of rotatable bonds is 3. The number of piperidine rings is 1. The van der Waals surface area contributed by atoms with E-state index in [0.29, 0.717) is 19.4 Å². The number of benzene rings is 1. The van der Waals surface area contributed by atoms with Gasteiger partial charge in [-0.2, -0.15) is 0 Å². The third kappa shape index (κ3) is 3.29. The average molecular weight is 294 g/mol. The van der Waals surface area contributed by atoms with Gasteiger partial charge in [0, 0.05) is 24.7 Å². The Kier molecular flexibility index (Phi) is 4.10. The minimum absolute atomic E-state index is 0.141. The molecule has 1 heterocycles. The number of hydrogen-bond donors (Lipinski definition) is 3. The molecule has 1 atom stereocenters. The van der Waals surface area contributed by atoms with E-state index in [1.54, 1.807) is 6.92 Å². The number of carbonyl (C=O) groups excluding carboxylic acids is 1. The number of hydrogen-bond acceptors (Lipinski definition) is 6. The van der Waals surface area contributed by atoms with Crippen molar-refractivity contribution in [1.29, 1.82) is 0 Å². The molecule has 1 aromatic carbocycles. The molecule has 0 spiro atoms. The van der Waals surface area contributed by atoms with Crippen LogP contribution in [0.25, 0.3) is 0 Å². The van der Waals surface area contributed by atoms with E-state index in [0.717, 1.165) is 0 Å². The zero-order valence-electron chi connectivity index (χ0n) is 11.7. The number of likely N-dealkylation sites (tertiary alicyclic amines) is 1. The molecule has 21 heavy (non-hydrogen) atoms. The van der Waals surface area contributed by atoms with E-state index in [4.69, 9.17) is 5.84 Å². The average Bonchev–Trinajstić information content (AvgIpc) is 2.44. The van der Waals surface area contributed by atoms with E-state index >= 15 is 0 Å². The normalized spacial score (nSPS) is 22.0. The molecule has 0 aliphatic carbocycles. The summed E-state index contributed by atoms with van der Waals surface area (Å²) in [5.41, 5.74) is 1.40. The third-order valence-corrected chi connectivity index (χ3v) is 3.56. The van der Waals surface area contributed by atoms with Crippen LogP contribution in [0.3, 0.4) is 0 Å². The Morgan fingerprint density at radius 1 is 1.57 bits per heavy atom. The van der Waals surface area contributed by atoms with Crippen LogP contribution in [0, 0.1) is 10.1 Å². The molecule has 1 aromatic rings. The maximum Gasteiger partial charge on any atom is 0.294 e. The first-order valence-corrected chi connectivity index (χ1v) is 6.61. The van der Waals surface area contributed by atoms with Gasteiger partial charge in [-0.1, -0.05) is 0 Å². The van der Waals surface area contributed by atoms with Crippen LogP contribution in [0.5, 0.6) is 0 Å². The van der Waals surface area contributed by atoms with Gasteiger partial charge in [-0.05, 0) is 31.9 Å². The fraction of sp³-hybridized carbons (Fsp3) is 0.462. The molecule has 1 unspecified atom stereocenters. The van der Waals surface area contributed by atoms with Gasteiger partial charge in [0.1, 0.15) is 5.69 Å². The number of nitrogens with one attached hydrogen (secondary N) is 1. The number of nitro benzene ring substituents is 1. The van der Waals surface area contributed by atoms with Crippen molar-refractivity contribution >= 4 is 17.3 Å². The highest BCUT2D eigenvalue weighted by Gasteiger charge is 2.32. The van der Waals surface area contributed by atoms with Crippen molar-refractivity contribution < 1.29 is 14.8 Å². The van der Waals surface area contributed by atoms with E-state index < -0.39 is 10.5 Å². The highest BCUT2D eigenvalue weighted by molar-refractivity contribution is 5.95. The number of anilines is 1. The molecule has 2 rings (SSSR count). The highest BCUT2D eigenvalue weighted by Crippen LogP contribution is 2.27. The number of β-amino-alcohol motifs (C(OH)–C–C–N with tert-alkyl or cyclic N) is 1. The number of nitrogens with zero attached hydrogens (tertiary/aromatic N) is 2. The number of aliphatic hydroxyl groups is 1. The molecule has 0 radical (unpaired) electrons. The number of hydrazine groups is 1. The Hall–Kier alpha value is -2.19. The predicted octanol–water partition coefficient (Wildman–Crippen LogP) is 0.867. The Labute approximate surface area is 121 Å². The first-order chi connectivity index (χ1) is 9.84. The van der Waals surface area contributed by atoms with Crippen molar-refractivity contribution in [3.8, 4) is 0 Å². The molecular formula is C13H18N4O4. The standard InChI is InChI=1S/C13H18N4O4/c1-13(19)5-2-6-16(8-13)12(18)9-3-4-10(15-14)11(7-9)17(20)21/h3-4,7,15,19H,2,5-6,8,14H2,1H3. The second-order valence-electron chi connectivity index (χ2n) is 5.46. The molecule has 8 nitrogen and oxygen atoms in total. The Bertz CT molecular complexity index is 573. The van der Waals surface area contributed by atoms with Crippen LogP contribution in [-0.4, -0.2) is 39.5 Å². The minimum Gasteiger partial charge on any atom is -0.388 e. The summed E-state index contributed by atoms with van der Waals surface area (Å²) in [6, 6.07) is 4.07. The SMILES string of the molecule is CC1(O)CCCN(C(=O)c2ccc(NN)c([N+](=O)[O-])c2)C1. The quantitative estimate of drug-likeness (QED) is 0.432. The van der Waals surface area contributed by atoms with E-state index in [-0.39, 0.29) is 29.4 Å². The molecule has 0 bridgehead atoms. The lowest BCUT2D eigenvalue weighted by molar-refractivity contribution is -0.384. The van der Waals surface area contributed by atoms with Gasteiger partial charge < -0.3 is 15.4 Å². The lowest BCUT2D eigenvalue weighted by atomic mass is 9.94. The van der Waals surface area contributed by atoms with Crippen molar-refractivity contribution in [2.24, 2.45) is 5.84 Å². The molecule has 1 amide bonds. The summed E-state index contributed by atoms with van der Waals surface area (Å²) in [6.07, 6.45) is 1.33. The molecule has 1 fully saturated rings. The van der Waals surface area contributed by atoms with Gasteiger partial charge in [-0.15, -0.1) is 0 Å². The van der Waals surface area contributed by atoms with E-state index in [2.05, 4.69) is 5.43 Å². The van der Waals surface area contributed by atoms with Crippen molar-refractivity contribution in [2.75, 3.05) is 18.5 Å². The summed E-state index contributed by atoms with van der Waals surface area (Å²) in [5.74, 6) is 4.88. The van der Waals surface area contributed by atoms with Crippen LogP contribution in [0.1, 0.15) is 30.1 Å². The Morgan fingerprint density at radius 2 is 2.29 bits per heavy atom. The van der Waals surface area contributed by atoms with Gasteiger partial charge in [0.25, 0.3) is 11.6 Å². The summed E-state index contributed by atoms with van der Waals surface area (Å²) in [6.45, 7) is 2.42. The molecule has 114 valence electrons. The molecule has 1 aliphatic rings. The van der Waals surface area contributed by atoms with Crippen LogP contribution in [0.4, 0.5) is 11.4 Å². The van der Waals surface area contributed by atoms with Crippen LogP contribution < -0.4 is 11.3 Å². The number of nitrogens with two attached hydrogens (primary N) is 1. The minimum atomic E-state index is -0.918. The summed E-state index contributed by atoms with van der Waals surface area (Å²) in [4.78, 5) is 24.3. The Balaban J connectivity index is 2.27. The molecule has 1 saturated heterocycles. The highest BCUT2D eigenvalue weighted by atomic mass is 16.6. The lowest BCUT2D eigenvalue weighted by Gasteiger charge is -2.36. The van der Waals surface area contributed by atoms with E-state index in [1.165, 1.54) is 23.1 Å². The number of carbonyl (C=O) groups is 1. The lowest BCUT2D eigenvalue weighted by Crippen LogP contribution is -2.48. The second-order valence-corrected chi connectivity index (χ2v) is 5.46. The summed E-state index contributed by atoms with van der Waals surface area (Å²) < 4.78 is 0. The van der Waals surface area contributed by atoms with Gasteiger partial charge in [-0.25, -0.2) is 0 Å². The first kappa shape index (κ1) is 15.2. The van der Waals surface area contributed by atoms with Crippen LogP contribution >= 0.6 is 0 Å². The molecule has 0 aromatic heterocycles. The van der Waals surface area contributed by atoms with E-state index in [9.17, 15) is 20.0 Å². The van der Waals surface area contributed by atoms with Gasteiger partial charge in [0.05, 0.1) is 10.5 Å². The van der Waals surface area contributed by atoms with Gasteiger partial charge in [0.2, 0.25) is 0 Å². The van der Waals surface area contributed by atoms with Gasteiger partial charge >= 0.3 is 0 Å². The van der Waals surface area contributed by atoms with Crippen molar-refractivity contribution in [3.05, 3.63) is 33.9 Å². The van der Waals surface area contributed by atoms with Crippen molar-refractivity contribution in [2.45, 2.75) is 25.4 Å². The largest absolute Gasteiger partial charge is 0.388 e. The molecule has 0 saturated carbocycles. The maximum atomic E-state index is 12.4. The fourth-order valence-electron chi connectivity index (χ4n) is 2.51. The zero-order valence-corrected chi connectivity index (χ0v) is 11.7. The van der Waals surface area contributed by atoms with Crippen LogP contribution in [0.2, 0.25) is 0 Å². The van der Waals surface area contributed by atoms with Crippen molar-refractivity contribution in [3.63, 3.8) is 0 Å². The van der Waals surface area contributed by atoms with E-state index in [1.807, 2.05) is 0 Å². The Morgan fingerprint density at radius 3 is 2.86 bits per heavy atom. The second kappa shape index (κ2) is 5.66. The number of nitrogen functional groups attached to an aromatic ring is 1. The summed E-state index contributed by atoms with van der Waals surface area (Å²) >= 11 is 0.